The second-order valence-electron chi connectivity index (χ2n) is 3.31. The lowest BCUT2D eigenvalue weighted by molar-refractivity contribution is 0.116. The Bertz CT molecular complexity index is 108. The van der Waals surface area contributed by atoms with E-state index in [1.807, 2.05) is 0 Å². The van der Waals surface area contributed by atoms with Crippen molar-refractivity contribution in [1.29, 1.82) is 0 Å². The Hall–Kier alpha value is 0.440. The van der Waals surface area contributed by atoms with Crippen molar-refractivity contribution >= 4 is 15.9 Å². The van der Waals surface area contributed by atoms with Crippen LogP contribution < -0.4 is 0 Å². The van der Waals surface area contributed by atoms with Crippen LogP contribution >= 0.6 is 15.9 Å². The number of aliphatic hydroxyl groups is 1. The van der Waals surface area contributed by atoms with Gasteiger partial charge in [-0.05, 0) is 31.1 Å². The number of hydrogen-bond donors (Lipinski definition) is 1. The summed E-state index contributed by atoms with van der Waals surface area (Å²) in [5.41, 5.74) is 0. The highest BCUT2D eigenvalue weighted by atomic mass is 79.9. The molecule has 2 aliphatic rings. The quantitative estimate of drug-likeness (QED) is 0.576. The summed E-state index contributed by atoms with van der Waals surface area (Å²) in [6, 6.07) is 0. The van der Waals surface area contributed by atoms with Crippen molar-refractivity contribution in [3.8, 4) is 0 Å². The van der Waals surface area contributed by atoms with Gasteiger partial charge in [-0.1, -0.05) is 15.9 Å². The van der Waals surface area contributed by atoms with Gasteiger partial charge < -0.3 is 5.11 Å². The minimum absolute atomic E-state index is 0.0313. The van der Waals surface area contributed by atoms with Crippen LogP contribution in [0.5, 0.6) is 0 Å². The molecule has 2 bridgehead atoms. The molecular weight excluding hydrogens is 180 g/mol. The lowest BCUT2D eigenvalue weighted by Gasteiger charge is -2.19. The van der Waals surface area contributed by atoms with Gasteiger partial charge in [0.25, 0.3) is 0 Å². The summed E-state index contributed by atoms with van der Waals surface area (Å²) in [5.74, 6) is 1.41. The Morgan fingerprint density at radius 2 is 1.89 bits per heavy atom. The van der Waals surface area contributed by atoms with E-state index in [1.165, 1.54) is 12.8 Å². The molecule has 0 radical (unpaired) electrons. The van der Waals surface area contributed by atoms with E-state index >= 15 is 0 Å². The third-order valence-electron chi connectivity index (χ3n) is 2.73. The molecule has 0 aromatic heterocycles. The largest absolute Gasteiger partial charge is 0.393 e. The van der Waals surface area contributed by atoms with E-state index in [4.69, 9.17) is 0 Å². The van der Waals surface area contributed by atoms with Crippen molar-refractivity contribution in [3.05, 3.63) is 0 Å². The summed E-state index contributed by atoms with van der Waals surface area (Å²) < 4.78 is 0. The van der Waals surface area contributed by atoms with Crippen LogP contribution in [0.3, 0.4) is 0 Å². The van der Waals surface area contributed by atoms with Crippen LogP contribution in [0, 0.1) is 11.8 Å². The van der Waals surface area contributed by atoms with E-state index in [9.17, 15) is 5.11 Å². The van der Waals surface area contributed by atoms with Gasteiger partial charge in [0.1, 0.15) is 0 Å². The van der Waals surface area contributed by atoms with Gasteiger partial charge in [-0.2, -0.15) is 0 Å². The molecule has 0 spiro atoms. The van der Waals surface area contributed by atoms with Crippen molar-refractivity contribution < 1.29 is 5.11 Å². The Morgan fingerprint density at radius 1 is 1.11 bits per heavy atom. The highest BCUT2D eigenvalue weighted by Gasteiger charge is 2.43. The summed E-state index contributed by atoms with van der Waals surface area (Å²) in [4.78, 5) is 0.714. The average Bonchev–Trinajstić information content (AvgIpc) is 2.24. The summed E-state index contributed by atoms with van der Waals surface area (Å²) >= 11 is 3.61. The average molecular weight is 191 g/mol. The zero-order valence-corrected chi connectivity index (χ0v) is 6.84. The summed E-state index contributed by atoms with van der Waals surface area (Å²) in [6.45, 7) is 0. The van der Waals surface area contributed by atoms with E-state index in [-0.39, 0.29) is 6.10 Å². The normalized spacial score (nSPS) is 56.7. The van der Waals surface area contributed by atoms with E-state index < -0.39 is 0 Å². The third kappa shape index (κ3) is 0.838. The number of fused-ring (bicyclic) bond motifs is 2. The molecule has 2 aliphatic carbocycles. The van der Waals surface area contributed by atoms with Crippen LogP contribution in [0.25, 0.3) is 0 Å². The number of hydrogen-bond acceptors (Lipinski definition) is 1. The number of aliphatic hydroxyl groups excluding tert-OH is 1. The molecule has 9 heavy (non-hydrogen) atoms. The smallest absolute Gasteiger partial charge is 0.0571 e. The van der Waals surface area contributed by atoms with Crippen LogP contribution in [0.2, 0.25) is 0 Å². The molecule has 0 amide bonds. The molecule has 0 aromatic carbocycles. The van der Waals surface area contributed by atoms with Crippen LogP contribution in [-0.2, 0) is 0 Å². The first-order valence-corrected chi connectivity index (χ1v) is 4.51. The van der Waals surface area contributed by atoms with Gasteiger partial charge in [0.15, 0.2) is 0 Å². The number of rotatable bonds is 0. The molecule has 4 atom stereocenters. The minimum Gasteiger partial charge on any atom is -0.393 e. The third-order valence-corrected chi connectivity index (χ3v) is 3.85. The zero-order chi connectivity index (χ0) is 6.43. The lowest BCUT2D eigenvalue weighted by Crippen LogP contribution is -2.21. The standard InChI is InChI=1S/C7H11BrO/c8-6-2-5-1-4(6)3-7(5)9/h4-7,9H,1-3H2/t4-,5-,6-,7?/m0/s1. The lowest BCUT2D eigenvalue weighted by atomic mass is 9.98. The summed E-state index contributed by atoms with van der Waals surface area (Å²) in [6.07, 6.45) is 3.53. The van der Waals surface area contributed by atoms with Crippen LogP contribution in [0.1, 0.15) is 19.3 Å². The van der Waals surface area contributed by atoms with Crippen LogP contribution in [0.4, 0.5) is 0 Å². The van der Waals surface area contributed by atoms with Gasteiger partial charge in [0.2, 0.25) is 0 Å². The fourth-order valence-corrected chi connectivity index (χ4v) is 3.09. The molecule has 0 saturated heterocycles. The van der Waals surface area contributed by atoms with Crippen molar-refractivity contribution in [2.24, 2.45) is 11.8 Å². The van der Waals surface area contributed by atoms with Gasteiger partial charge in [0, 0.05) is 4.83 Å². The molecular formula is C7H11BrO. The number of alkyl halides is 1. The van der Waals surface area contributed by atoms with E-state index in [0.717, 1.165) is 12.3 Å². The molecule has 2 saturated carbocycles. The maximum atomic E-state index is 9.32. The van der Waals surface area contributed by atoms with Gasteiger partial charge in [-0.15, -0.1) is 0 Å². The number of halogens is 1. The van der Waals surface area contributed by atoms with Gasteiger partial charge >= 0.3 is 0 Å². The molecule has 0 heterocycles. The molecule has 1 nitrogen and oxygen atoms in total. The van der Waals surface area contributed by atoms with Gasteiger partial charge in [-0.25, -0.2) is 0 Å². The Kier molecular flexibility index (Phi) is 1.34. The predicted molar refractivity (Wildman–Crippen MR) is 39.6 cm³/mol. The van der Waals surface area contributed by atoms with Crippen molar-refractivity contribution in [2.75, 3.05) is 0 Å². The molecule has 1 N–H and O–H groups in total. The zero-order valence-electron chi connectivity index (χ0n) is 5.26. The highest BCUT2D eigenvalue weighted by molar-refractivity contribution is 9.09. The first-order valence-electron chi connectivity index (χ1n) is 3.59. The second kappa shape index (κ2) is 1.96. The van der Waals surface area contributed by atoms with Crippen molar-refractivity contribution in [3.63, 3.8) is 0 Å². The summed E-state index contributed by atoms with van der Waals surface area (Å²) in [7, 11) is 0. The van der Waals surface area contributed by atoms with Gasteiger partial charge in [0.05, 0.1) is 6.10 Å². The van der Waals surface area contributed by atoms with Crippen LogP contribution in [0.15, 0.2) is 0 Å². The molecule has 2 rings (SSSR count). The monoisotopic (exact) mass is 190 g/mol. The predicted octanol–water partition coefficient (Wildman–Crippen LogP) is 1.54. The fourth-order valence-electron chi connectivity index (χ4n) is 2.18. The minimum atomic E-state index is 0.0313. The Balaban J connectivity index is 2.10. The Labute approximate surface area is 63.6 Å². The van der Waals surface area contributed by atoms with Crippen molar-refractivity contribution in [1.82, 2.24) is 0 Å². The van der Waals surface area contributed by atoms with E-state index in [0.29, 0.717) is 10.7 Å². The Morgan fingerprint density at radius 3 is 2.22 bits per heavy atom. The maximum Gasteiger partial charge on any atom is 0.0571 e. The first-order chi connectivity index (χ1) is 4.27. The molecule has 2 heteroatoms. The molecule has 2 fully saturated rings. The SMILES string of the molecule is OC1C[C@@H]2C[C@H]1C[C@@H]2Br. The van der Waals surface area contributed by atoms with E-state index in [1.54, 1.807) is 0 Å². The molecule has 0 aliphatic heterocycles. The molecule has 0 aromatic rings. The highest BCUT2D eigenvalue weighted by Crippen LogP contribution is 2.47. The fraction of sp³-hybridized carbons (Fsp3) is 1.00. The molecule has 52 valence electrons. The summed E-state index contributed by atoms with van der Waals surface area (Å²) in [5, 5.41) is 9.32. The first kappa shape index (κ1) is 6.17. The molecule has 1 unspecified atom stereocenters. The van der Waals surface area contributed by atoms with E-state index in [2.05, 4.69) is 15.9 Å². The van der Waals surface area contributed by atoms with Crippen LogP contribution in [-0.4, -0.2) is 16.0 Å². The maximum absolute atomic E-state index is 9.32. The topological polar surface area (TPSA) is 20.2 Å². The van der Waals surface area contributed by atoms with Crippen molar-refractivity contribution in [2.45, 2.75) is 30.2 Å². The van der Waals surface area contributed by atoms with Gasteiger partial charge in [-0.3, -0.25) is 0 Å². The second-order valence-corrected chi connectivity index (χ2v) is 4.49.